The first kappa shape index (κ1) is 20.0. The summed E-state index contributed by atoms with van der Waals surface area (Å²) in [6.07, 6.45) is 3.92. The number of amides is 1. The normalized spacial score (nSPS) is 24.0. The number of rotatable bonds is 4. The predicted octanol–water partition coefficient (Wildman–Crippen LogP) is 0.923. The fourth-order valence-electron chi connectivity index (χ4n) is 3.68. The Morgan fingerprint density at radius 2 is 1.93 bits per heavy atom. The Bertz CT molecular complexity index is 661. The number of nitrogens with one attached hydrogen (secondary N) is 2. The van der Waals surface area contributed by atoms with Crippen molar-refractivity contribution >= 4 is 23.6 Å². The molecule has 3 rings (SSSR count). The van der Waals surface area contributed by atoms with Crippen molar-refractivity contribution in [3.8, 4) is 0 Å². The number of aromatic nitrogens is 3. The molecule has 8 nitrogen and oxygen atoms in total. The zero-order valence-corrected chi connectivity index (χ0v) is 17.4. The summed E-state index contributed by atoms with van der Waals surface area (Å²) in [4.78, 5) is 19.1. The molecule has 2 fully saturated rings. The maximum absolute atomic E-state index is 12.7. The highest BCUT2D eigenvalue weighted by molar-refractivity contribution is 7.99. The van der Waals surface area contributed by atoms with E-state index in [1.807, 2.05) is 30.3 Å². The lowest BCUT2D eigenvalue weighted by atomic mass is 9.85. The van der Waals surface area contributed by atoms with E-state index in [1.165, 1.54) is 0 Å². The summed E-state index contributed by atoms with van der Waals surface area (Å²) >= 11 is 1.94. The van der Waals surface area contributed by atoms with Crippen LogP contribution in [0.15, 0.2) is 4.99 Å². The highest BCUT2D eigenvalue weighted by Crippen LogP contribution is 2.27. The highest BCUT2D eigenvalue weighted by Gasteiger charge is 2.30. The molecule has 1 amide bonds. The molecule has 0 radical (unpaired) electrons. The third-order valence-electron chi connectivity index (χ3n) is 5.56. The summed E-state index contributed by atoms with van der Waals surface area (Å²) in [7, 11) is 3.74. The van der Waals surface area contributed by atoms with Crippen LogP contribution in [0.2, 0.25) is 0 Å². The lowest BCUT2D eigenvalue weighted by molar-refractivity contribution is -0.136. The molecule has 1 aliphatic carbocycles. The predicted molar refractivity (Wildman–Crippen MR) is 109 cm³/mol. The molecule has 2 aliphatic rings. The number of nitrogens with zero attached hydrogens (tertiary/aromatic N) is 5. The zero-order valence-electron chi connectivity index (χ0n) is 16.6. The highest BCUT2D eigenvalue weighted by atomic mass is 32.2. The van der Waals surface area contributed by atoms with Gasteiger partial charge in [0.25, 0.3) is 0 Å². The van der Waals surface area contributed by atoms with E-state index in [2.05, 4.69) is 30.7 Å². The zero-order chi connectivity index (χ0) is 19.2. The summed E-state index contributed by atoms with van der Waals surface area (Å²) < 4.78 is 1.97. The molecule has 0 bridgehead atoms. The minimum Gasteiger partial charge on any atom is -0.354 e. The number of carbonyl (C=O) groups excluding carboxylic acids is 1. The molecule has 0 atom stereocenters. The van der Waals surface area contributed by atoms with Gasteiger partial charge in [0.1, 0.15) is 5.82 Å². The van der Waals surface area contributed by atoms with Crippen LogP contribution in [0.25, 0.3) is 0 Å². The van der Waals surface area contributed by atoms with Gasteiger partial charge in [0.15, 0.2) is 11.8 Å². The SMILES string of the molecule is CN=C(NCc1nnc(C)n1C)NC1CCC(C(=O)N2CCSCC2)CC1. The van der Waals surface area contributed by atoms with Crippen molar-refractivity contribution in [1.29, 1.82) is 0 Å². The molecule has 1 saturated carbocycles. The summed E-state index contributed by atoms with van der Waals surface area (Å²) in [5.41, 5.74) is 0. The average Bonchev–Trinajstić information content (AvgIpc) is 3.03. The Labute approximate surface area is 165 Å². The van der Waals surface area contributed by atoms with Gasteiger partial charge >= 0.3 is 0 Å². The van der Waals surface area contributed by atoms with E-state index in [0.717, 1.165) is 67.9 Å². The number of thioether (sulfide) groups is 1. The second-order valence-corrected chi connectivity index (χ2v) is 8.50. The van der Waals surface area contributed by atoms with Crippen molar-refractivity contribution in [3.05, 3.63) is 11.6 Å². The van der Waals surface area contributed by atoms with Gasteiger partial charge < -0.3 is 20.1 Å². The number of guanidine groups is 1. The van der Waals surface area contributed by atoms with E-state index in [4.69, 9.17) is 0 Å². The molecule has 9 heteroatoms. The van der Waals surface area contributed by atoms with Crippen LogP contribution in [-0.2, 0) is 18.4 Å². The van der Waals surface area contributed by atoms with Crippen LogP contribution in [0.1, 0.15) is 37.3 Å². The molecule has 27 heavy (non-hydrogen) atoms. The lowest BCUT2D eigenvalue weighted by Crippen LogP contribution is -2.47. The Balaban J connectivity index is 1.43. The fourth-order valence-corrected chi connectivity index (χ4v) is 4.59. The molecule has 150 valence electrons. The summed E-state index contributed by atoms with van der Waals surface area (Å²) in [5, 5.41) is 15.0. The minimum absolute atomic E-state index is 0.197. The molecule has 2 heterocycles. The van der Waals surface area contributed by atoms with Crippen molar-refractivity contribution in [2.24, 2.45) is 18.0 Å². The minimum atomic E-state index is 0.197. The van der Waals surface area contributed by atoms with Gasteiger partial charge in [-0.15, -0.1) is 10.2 Å². The molecule has 1 aliphatic heterocycles. The topological polar surface area (TPSA) is 87.4 Å². The smallest absolute Gasteiger partial charge is 0.225 e. The number of aryl methyl sites for hydroxylation is 1. The molecule has 0 unspecified atom stereocenters. The monoisotopic (exact) mass is 393 g/mol. The van der Waals surface area contributed by atoms with E-state index < -0.39 is 0 Å². The maximum atomic E-state index is 12.7. The third kappa shape index (κ3) is 5.15. The first-order valence-electron chi connectivity index (χ1n) is 9.77. The standard InChI is InChI=1S/C18H31N7OS/c1-13-22-23-16(24(13)3)12-20-18(19-2)21-15-6-4-14(5-7-15)17(26)25-8-10-27-11-9-25/h14-15H,4-12H2,1-3H3,(H2,19,20,21). The molecular formula is C18H31N7OS. The molecule has 2 N–H and O–H groups in total. The molecule has 1 aromatic heterocycles. The van der Waals surface area contributed by atoms with Crippen molar-refractivity contribution in [1.82, 2.24) is 30.3 Å². The molecular weight excluding hydrogens is 362 g/mol. The van der Waals surface area contributed by atoms with Gasteiger partial charge in [-0.2, -0.15) is 11.8 Å². The van der Waals surface area contributed by atoms with Crippen LogP contribution >= 0.6 is 11.8 Å². The van der Waals surface area contributed by atoms with E-state index in [-0.39, 0.29) is 5.92 Å². The van der Waals surface area contributed by atoms with E-state index in [9.17, 15) is 4.79 Å². The number of aliphatic imine (C=N–C) groups is 1. The van der Waals surface area contributed by atoms with Gasteiger partial charge in [0.05, 0.1) is 6.54 Å². The number of carbonyl (C=O) groups is 1. The van der Waals surface area contributed by atoms with Crippen LogP contribution in [0.4, 0.5) is 0 Å². The third-order valence-corrected chi connectivity index (χ3v) is 6.50. The number of hydrogen-bond donors (Lipinski definition) is 2. The van der Waals surface area contributed by atoms with Crippen LogP contribution in [0.5, 0.6) is 0 Å². The van der Waals surface area contributed by atoms with Crippen LogP contribution in [-0.4, -0.2) is 69.2 Å². The van der Waals surface area contributed by atoms with Gasteiger partial charge in [0, 0.05) is 50.7 Å². The van der Waals surface area contributed by atoms with Crippen molar-refractivity contribution in [2.75, 3.05) is 31.6 Å². The van der Waals surface area contributed by atoms with E-state index in [0.29, 0.717) is 18.5 Å². The van der Waals surface area contributed by atoms with Crippen LogP contribution in [0, 0.1) is 12.8 Å². The van der Waals surface area contributed by atoms with Gasteiger partial charge in [-0.25, -0.2) is 0 Å². The molecule has 1 saturated heterocycles. The second-order valence-electron chi connectivity index (χ2n) is 7.28. The van der Waals surface area contributed by atoms with Crippen molar-refractivity contribution in [3.63, 3.8) is 0 Å². The fraction of sp³-hybridized carbons (Fsp3) is 0.778. The van der Waals surface area contributed by atoms with Crippen LogP contribution < -0.4 is 10.6 Å². The first-order chi connectivity index (χ1) is 13.1. The van der Waals surface area contributed by atoms with Gasteiger partial charge in [-0.3, -0.25) is 9.79 Å². The molecule has 0 aromatic carbocycles. The largest absolute Gasteiger partial charge is 0.354 e. The Morgan fingerprint density at radius 1 is 1.22 bits per heavy atom. The van der Waals surface area contributed by atoms with E-state index in [1.54, 1.807) is 7.05 Å². The summed E-state index contributed by atoms with van der Waals surface area (Å²) in [5.74, 6) is 5.27. The first-order valence-corrected chi connectivity index (χ1v) is 10.9. The molecule has 0 spiro atoms. The van der Waals surface area contributed by atoms with Gasteiger partial charge in [-0.1, -0.05) is 0 Å². The summed E-state index contributed by atoms with van der Waals surface area (Å²) in [6.45, 7) is 4.35. The van der Waals surface area contributed by atoms with Gasteiger partial charge in [-0.05, 0) is 32.6 Å². The Hall–Kier alpha value is -1.77. The number of hydrogen-bond acceptors (Lipinski definition) is 5. The maximum Gasteiger partial charge on any atom is 0.225 e. The van der Waals surface area contributed by atoms with Crippen LogP contribution in [0.3, 0.4) is 0 Å². The van der Waals surface area contributed by atoms with E-state index >= 15 is 0 Å². The van der Waals surface area contributed by atoms with Gasteiger partial charge in [0.2, 0.25) is 5.91 Å². The Morgan fingerprint density at radius 3 is 2.52 bits per heavy atom. The lowest BCUT2D eigenvalue weighted by Gasteiger charge is -2.34. The average molecular weight is 394 g/mol. The Kier molecular flexibility index (Phi) is 6.98. The van der Waals surface area contributed by atoms with Crippen molar-refractivity contribution < 1.29 is 4.79 Å². The quantitative estimate of drug-likeness (QED) is 0.584. The molecule has 1 aromatic rings. The van der Waals surface area contributed by atoms with Crippen molar-refractivity contribution in [2.45, 2.75) is 45.2 Å². The summed E-state index contributed by atoms with van der Waals surface area (Å²) in [6, 6.07) is 0.360. The second kappa shape index (κ2) is 9.43.